The summed E-state index contributed by atoms with van der Waals surface area (Å²) in [5.41, 5.74) is 4.94. The van der Waals surface area contributed by atoms with Gasteiger partial charge in [0.15, 0.2) is 0 Å². The summed E-state index contributed by atoms with van der Waals surface area (Å²) in [6, 6.07) is 14.8. The van der Waals surface area contributed by atoms with Crippen molar-refractivity contribution in [3.8, 4) is 11.1 Å². The smallest absolute Gasteiger partial charge is 0.255 e. The van der Waals surface area contributed by atoms with E-state index >= 15 is 0 Å². The molecule has 3 N–H and O–H groups in total. The molecule has 0 aliphatic carbocycles. The molecule has 0 aliphatic heterocycles. The lowest BCUT2D eigenvalue weighted by Crippen LogP contribution is -2.17. The van der Waals surface area contributed by atoms with Crippen LogP contribution in [-0.2, 0) is 33.1 Å². The SMILES string of the molecule is CC(=O)Nc1c(CCc2ccc(NS(C)(=O)=O)cc2)cc(C(C)(C)C)cc1-c1ccc[nH]c1=O. The van der Waals surface area contributed by atoms with Crippen molar-refractivity contribution in [1.82, 2.24) is 4.98 Å². The molecule has 1 heterocycles. The monoisotopic (exact) mass is 481 g/mol. The third-order valence-electron chi connectivity index (χ3n) is 5.44. The molecule has 0 saturated carbocycles. The van der Waals surface area contributed by atoms with E-state index in [0.717, 1.165) is 22.9 Å². The minimum absolute atomic E-state index is 0.168. The summed E-state index contributed by atoms with van der Waals surface area (Å²) in [5, 5.41) is 2.95. The van der Waals surface area contributed by atoms with Crippen molar-refractivity contribution in [1.29, 1.82) is 0 Å². The van der Waals surface area contributed by atoms with Gasteiger partial charge in [0, 0.05) is 29.9 Å². The molecule has 3 aromatic rings. The Kier molecular flexibility index (Phi) is 7.31. The molecule has 0 unspecified atom stereocenters. The highest BCUT2D eigenvalue weighted by Gasteiger charge is 2.21. The number of aromatic amines is 1. The lowest BCUT2D eigenvalue weighted by atomic mass is 9.82. The van der Waals surface area contributed by atoms with E-state index in [-0.39, 0.29) is 16.9 Å². The maximum atomic E-state index is 12.6. The largest absolute Gasteiger partial charge is 0.329 e. The number of nitrogens with one attached hydrogen (secondary N) is 3. The quantitative estimate of drug-likeness (QED) is 0.463. The van der Waals surface area contributed by atoms with Gasteiger partial charge < -0.3 is 10.3 Å². The molecule has 34 heavy (non-hydrogen) atoms. The first-order valence-corrected chi connectivity index (χ1v) is 12.9. The van der Waals surface area contributed by atoms with Crippen molar-refractivity contribution in [3.63, 3.8) is 0 Å². The molecule has 0 atom stereocenters. The van der Waals surface area contributed by atoms with Gasteiger partial charge in [-0.2, -0.15) is 0 Å². The number of aryl methyl sites for hydroxylation is 2. The number of pyridine rings is 1. The van der Waals surface area contributed by atoms with Crippen LogP contribution in [0.2, 0.25) is 0 Å². The molecule has 0 aliphatic rings. The topological polar surface area (TPSA) is 108 Å². The molecule has 0 spiro atoms. The highest BCUT2D eigenvalue weighted by Crippen LogP contribution is 2.36. The maximum absolute atomic E-state index is 12.6. The van der Waals surface area contributed by atoms with E-state index in [1.807, 2.05) is 18.2 Å². The van der Waals surface area contributed by atoms with Gasteiger partial charge in [-0.3, -0.25) is 14.3 Å². The normalized spacial score (nSPS) is 11.8. The molecule has 7 nitrogen and oxygen atoms in total. The van der Waals surface area contributed by atoms with Crippen molar-refractivity contribution in [2.24, 2.45) is 0 Å². The van der Waals surface area contributed by atoms with Crippen molar-refractivity contribution in [2.45, 2.75) is 46.0 Å². The summed E-state index contributed by atoms with van der Waals surface area (Å²) in [5.74, 6) is -0.213. The lowest BCUT2D eigenvalue weighted by molar-refractivity contribution is -0.114. The summed E-state index contributed by atoms with van der Waals surface area (Å²) >= 11 is 0. The number of amides is 1. The third kappa shape index (κ3) is 6.57. The maximum Gasteiger partial charge on any atom is 0.255 e. The zero-order valence-electron chi connectivity index (χ0n) is 20.2. The van der Waals surface area contributed by atoms with Crippen molar-refractivity contribution >= 4 is 27.3 Å². The number of anilines is 2. The molecule has 0 fully saturated rings. The first kappa shape index (κ1) is 25.2. The molecule has 2 aromatic carbocycles. The number of sulfonamides is 1. The fraction of sp³-hybridized carbons (Fsp3) is 0.308. The number of hydrogen-bond acceptors (Lipinski definition) is 4. The standard InChI is InChI=1S/C26H31N3O4S/c1-17(30)28-24-19(11-8-18-9-12-21(13-10-18)29-34(5,32)33)15-20(26(2,3)4)16-23(24)22-7-6-14-27-25(22)31/h6-7,9-10,12-16,29H,8,11H2,1-5H3,(H,27,31)(H,28,30). The average molecular weight is 482 g/mol. The van der Waals surface area contributed by atoms with Crippen LogP contribution in [-0.4, -0.2) is 25.6 Å². The highest BCUT2D eigenvalue weighted by molar-refractivity contribution is 7.92. The van der Waals surface area contributed by atoms with Crippen molar-refractivity contribution < 1.29 is 13.2 Å². The van der Waals surface area contributed by atoms with Gasteiger partial charge in [0.25, 0.3) is 5.56 Å². The van der Waals surface area contributed by atoms with Gasteiger partial charge >= 0.3 is 0 Å². The zero-order chi connectivity index (χ0) is 25.1. The molecule has 0 bridgehead atoms. The Labute approximate surface area is 200 Å². The van der Waals surface area contributed by atoms with E-state index in [1.165, 1.54) is 6.92 Å². The average Bonchev–Trinajstić information content (AvgIpc) is 2.72. The Balaban J connectivity index is 2.04. The minimum atomic E-state index is -3.33. The molecular formula is C26H31N3O4S. The summed E-state index contributed by atoms with van der Waals surface area (Å²) < 4.78 is 25.3. The van der Waals surface area contributed by atoms with Crippen molar-refractivity contribution in [2.75, 3.05) is 16.3 Å². The Bertz CT molecular complexity index is 1350. The van der Waals surface area contributed by atoms with Gasteiger partial charge in [-0.1, -0.05) is 39.0 Å². The zero-order valence-corrected chi connectivity index (χ0v) is 21.0. The van der Waals surface area contributed by atoms with Crippen LogP contribution in [0, 0.1) is 0 Å². The van der Waals surface area contributed by atoms with E-state index in [9.17, 15) is 18.0 Å². The first-order chi connectivity index (χ1) is 15.8. The number of aromatic nitrogens is 1. The second-order valence-electron chi connectivity index (χ2n) is 9.47. The molecule has 0 radical (unpaired) electrons. The van der Waals surface area contributed by atoms with Crippen LogP contribution in [0.5, 0.6) is 0 Å². The van der Waals surface area contributed by atoms with Gasteiger partial charge in [0.1, 0.15) is 0 Å². The summed E-state index contributed by atoms with van der Waals surface area (Å²) in [4.78, 5) is 27.4. The number of hydrogen-bond donors (Lipinski definition) is 3. The van der Waals surface area contributed by atoms with Gasteiger partial charge in [-0.15, -0.1) is 0 Å². The molecular weight excluding hydrogens is 450 g/mol. The van der Waals surface area contributed by atoms with Gasteiger partial charge in [0.05, 0.1) is 11.9 Å². The Hall–Kier alpha value is -3.39. The number of carbonyl (C=O) groups excluding carboxylic acids is 1. The Morgan fingerprint density at radius 3 is 2.24 bits per heavy atom. The number of carbonyl (C=O) groups is 1. The van der Waals surface area contributed by atoms with Crippen molar-refractivity contribution in [3.05, 3.63) is 81.8 Å². The number of benzene rings is 2. The summed E-state index contributed by atoms with van der Waals surface area (Å²) in [6.07, 6.45) is 3.99. The van der Waals surface area contributed by atoms with Crippen LogP contribution < -0.4 is 15.6 Å². The highest BCUT2D eigenvalue weighted by atomic mass is 32.2. The van der Waals surface area contributed by atoms with Crippen LogP contribution >= 0.6 is 0 Å². The van der Waals surface area contributed by atoms with Crippen LogP contribution in [0.25, 0.3) is 11.1 Å². The lowest BCUT2D eigenvalue weighted by Gasteiger charge is -2.24. The van der Waals surface area contributed by atoms with E-state index in [4.69, 9.17) is 0 Å². The van der Waals surface area contributed by atoms with Gasteiger partial charge in [0.2, 0.25) is 15.9 Å². The number of H-pyrrole nitrogens is 1. The molecule has 8 heteroatoms. The third-order valence-corrected chi connectivity index (χ3v) is 6.04. The second-order valence-corrected chi connectivity index (χ2v) is 11.2. The van der Waals surface area contributed by atoms with E-state index in [2.05, 4.69) is 41.9 Å². The summed E-state index contributed by atoms with van der Waals surface area (Å²) in [6.45, 7) is 7.78. The summed E-state index contributed by atoms with van der Waals surface area (Å²) in [7, 11) is -3.33. The van der Waals surface area contributed by atoms with Crippen LogP contribution in [0.1, 0.15) is 44.4 Å². The van der Waals surface area contributed by atoms with Gasteiger partial charge in [-0.05, 0) is 65.3 Å². The number of rotatable bonds is 7. The van der Waals surface area contributed by atoms with Gasteiger partial charge in [-0.25, -0.2) is 8.42 Å². The fourth-order valence-corrected chi connectivity index (χ4v) is 4.30. The van der Waals surface area contributed by atoms with Crippen LogP contribution in [0.3, 0.4) is 0 Å². The molecule has 0 saturated heterocycles. The predicted octanol–water partition coefficient (Wildman–Crippen LogP) is 4.45. The van der Waals surface area contributed by atoms with Crippen LogP contribution in [0.4, 0.5) is 11.4 Å². The van der Waals surface area contributed by atoms with E-state index in [0.29, 0.717) is 35.3 Å². The van der Waals surface area contributed by atoms with Crippen LogP contribution in [0.15, 0.2) is 59.5 Å². The first-order valence-electron chi connectivity index (χ1n) is 11.0. The molecule has 180 valence electrons. The van der Waals surface area contributed by atoms with E-state index < -0.39 is 10.0 Å². The minimum Gasteiger partial charge on any atom is -0.329 e. The van der Waals surface area contributed by atoms with E-state index in [1.54, 1.807) is 30.5 Å². The molecule has 1 amide bonds. The Morgan fingerprint density at radius 1 is 1.00 bits per heavy atom. The molecule has 1 aromatic heterocycles. The fourth-order valence-electron chi connectivity index (χ4n) is 3.73. The predicted molar refractivity (Wildman–Crippen MR) is 138 cm³/mol. The molecule has 3 rings (SSSR count). The second kappa shape index (κ2) is 9.85. The Morgan fingerprint density at radius 2 is 1.68 bits per heavy atom.